The Labute approximate surface area is 234 Å². The molecule has 0 saturated heterocycles. The number of nitrogens with one attached hydrogen (secondary N) is 1. The Balaban J connectivity index is 8.27. The Morgan fingerprint density at radius 3 is 1.80 bits per heavy atom. The van der Waals surface area contributed by atoms with Crippen molar-refractivity contribution in [3.63, 3.8) is 0 Å². The molecule has 0 rings (SSSR count). The van der Waals surface area contributed by atoms with Crippen LogP contribution in [0.15, 0.2) is 0 Å². The van der Waals surface area contributed by atoms with Crippen molar-refractivity contribution in [2.75, 3.05) is 19.6 Å². The fourth-order valence-corrected chi connectivity index (χ4v) is 5.30. The van der Waals surface area contributed by atoms with E-state index >= 15 is 0 Å². The zero-order valence-electron chi connectivity index (χ0n) is 22.7. The normalized spacial score (nSPS) is 16.3. The first-order valence-corrected chi connectivity index (χ1v) is 14.1. The van der Waals surface area contributed by atoms with Crippen molar-refractivity contribution in [3.8, 4) is 0 Å². The van der Waals surface area contributed by atoms with Gasteiger partial charge in [-0.3, -0.25) is 33.6 Å². The highest BCUT2D eigenvalue weighted by Crippen LogP contribution is 2.51. The van der Waals surface area contributed by atoms with E-state index in [-0.39, 0.29) is 19.5 Å². The number of ketones is 1. The zero-order chi connectivity index (χ0) is 32.2. The summed E-state index contributed by atoms with van der Waals surface area (Å²) in [7, 11) is -4.61. The predicted octanol–water partition coefficient (Wildman–Crippen LogP) is -3.20. The fourth-order valence-electron chi connectivity index (χ4n) is 4.65. The first-order valence-electron chi connectivity index (χ1n) is 12.1. The molecule has 3 unspecified atom stereocenters. The Morgan fingerprint density at radius 1 is 0.927 bits per heavy atom. The Hall–Kier alpha value is -3.94. The van der Waals surface area contributed by atoms with E-state index in [1.165, 1.54) is 13.8 Å². The summed E-state index contributed by atoms with van der Waals surface area (Å²) in [4.78, 5) is 130. The molecule has 0 spiro atoms. The van der Waals surface area contributed by atoms with Gasteiger partial charge in [-0.1, -0.05) is 6.92 Å². The fraction of sp³-hybridized carbons (Fsp3) is 0.636. The molecule has 0 aromatic rings. The maximum Gasteiger partial charge on any atom is 0.492 e. The molecule has 0 saturated carbocycles. The van der Waals surface area contributed by atoms with Gasteiger partial charge in [0, 0.05) is 25.7 Å². The van der Waals surface area contributed by atoms with Gasteiger partial charge in [0.05, 0.1) is 0 Å². The van der Waals surface area contributed by atoms with Crippen LogP contribution in [0.1, 0.15) is 40.5 Å². The van der Waals surface area contributed by atoms with Gasteiger partial charge in [0.1, 0.15) is 0 Å². The molecule has 0 aromatic carbocycles. The third kappa shape index (κ3) is 6.86. The summed E-state index contributed by atoms with van der Waals surface area (Å²) in [6, 6.07) is -0.631. The molecule has 4 atom stereocenters. The molecule has 41 heavy (non-hydrogen) atoms. The SMILES string of the molecule is CCN(CC)C(=O)C(OC=O)(C(OC=O)(C(C)=O)C(OC=O)C(=O)O)[C@](CC)(C(=O)O)C(=O)NCCC[Si](O)(O)O. The van der Waals surface area contributed by atoms with Crippen LogP contribution >= 0.6 is 0 Å². The van der Waals surface area contributed by atoms with Crippen LogP contribution < -0.4 is 5.32 Å². The molecule has 2 amide bonds. The average molecular weight is 611 g/mol. The number of Topliss-reactive ketones (excluding diaryl/α,β-unsaturated/α-hetero) is 1. The molecule has 19 heteroatoms. The number of carboxylic acid groups (broad SMARTS) is 2. The first kappa shape index (κ1) is 37.1. The van der Waals surface area contributed by atoms with Crippen LogP contribution in [0.2, 0.25) is 6.04 Å². The molecule has 0 aliphatic heterocycles. The lowest BCUT2D eigenvalue weighted by molar-refractivity contribution is -0.253. The molecule has 0 heterocycles. The van der Waals surface area contributed by atoms with Gasteiger partial charge in [-0.15, -0.1) is 0 Å². The summed E-state index contributed by atoms with van der Waals surface area (Å²) in [5.41, 5.74) is -11.2. The average Bonchev–Trinajstić information content (AvgIpc) is 2.88. The number of nitrogens with zero attached hydrogens (tertiary/aromatic N) is 1. The van der Waals surface area contributed by atoms with E-state index in [4.69, 9.17) is 9.47 Å². The lowest BCUT2D eigenvalue weighted by atomic mass is 9.57. The van der Waals surface area contributed by atoms with Gasteiger partial charge in [0.2, 0.25) is 12.0 Å². The van der Waals surface area contributed by atoms with Gasteiger partial charge in [0.25, 0.3) is 36.5 Å². The minimum absolute atomic E-state index is 0.308. The molecule has 0 aliphatic rings. The van der Waals surface area contributed by atoms with Gasteiger partial charge < -0.3 is 49.0 Å². The quantitative estimate of drug-likeness (QED) is 0.0245. The second-order valence-electron chi connectivity index (χ2n) is 8.53. The molecule has 18 nitrogen and oxygen atoms in total. The maximum atomic E-state index is 14.3. The predicted molar refractivity (Wildman–Crippen MR) is 132 cm³/mol. The third-order valence-corrected chi connectivity index (χ3v) is 7.52. The van der Waals surface area contributed by atoms with E-state index < -0.39 is 99.5 Å². The largest absolute Gasteiger partial charge is 0.492 e. The molecule has 0 aliphatic carbocycles. The van der Waals surface area contributed by atoms with Gasteiger partial charge >= 0.3 is 20.7 Å². The van der Waals surface area contributed by atoms with Crippen LogP contribution in [0.5, 0.6) is 0 Å². The lowest BCUT2D eigenvalue weighted by Crippen LogP contribution is -2.83. The van der Waals surface area contributed by atoms with Gasteiger partial charge in [0.15, 0.2) is 11.2 Å². The van der Waals surface area contributed by atoms with Crippen molar-refractivity contribution >= 4 is 57.8 Å². The standard InChI is InChI=1S/C22H34N2O16Si/c1-5-20(19(33)34,17(31)23-9-8-10-41(35,36)37)22(40-13-27,18(32)24(6-2)7-3)21(14(4)28,39-12-26)15(16(29)30)38-11-25/h11-13,15,35-37H,5-10H2,1-4H3,(H,23,31)(H,29,30)(H,33,34)/t15?,20-,21?,22?/m0/s1. The molecule has 0 radical (unpaired) electrons. The number of carbonyl (C=O) groups excluding carboxylic acids is 6. The summed E-state index contributed by atoms with van der Waals surface area (Å²) in [5.74, 6) is -9.59. The van der Waals surface area contributed by atoms with Crippen LogP contribution in [0.25, 0.3) is 0 Å². The van der Waals surface area contributed by atoms with E-state index in [2.05, 4.69) is 10.1 Å². The first-order chi connectivity index (χ1) is 19.0. The van der Waals surface area contributed by atoms with Crippen LogP contribution in [-0.4, -0.2) is 124 Å². The number of hydrogen-bond acceptors (Lipinski definition) is 14. The Bertz CT molecular complexity index is 1010. The van der Waals surface area contributed by atoms with Crippen molar-refractivity contribution in [1.29, 1.82) is 0 Å². The van der Waals surface area contributed by atoms with Gasteiger partial charge in [-0.05, 0) is 33.6 Å². The van der Waals surface area contributed by atoms with Crippen molar-refractivity contribution in [2.24, 2.45) is 5.41 Å². The summed E-state index contributed by atoms with van der Waals surface area (Å²) >= 11 is 0. The van der Waals surface area contributed by atoms with E-state index in [9.17, 15) is 63.0 Å². The van der Waals surface area contributed by atoms with Crippen LogP contribution in [0.3, 0.4) is 0 Å². The second kappa shape index (κ2) is 15.2. The maximum absolute atomic E-state index is 14.3. The van der Waals surface area contributed by atoms with E-state index in [1.807, 2.05) is 0 Å². The molecule has 232 valence electrons. The molecule has 0 fully saturated rings. The summed E-state index contributed by atoms with van der Waals surface area (Å²) in [6.07, 6.45) is -4.45. The summed E-state index contributed by atoms with van der Waals surface area (Å²) in [5, 5.41) is 22.5. The van der Waals surface area contributed by atoms with Crippen molar-refractivity contribution in [2.45, 2.75) is 63.9 Å². The van der Waals surface area contributed by atoms with Crippen molar-refractivity contribution < 1.29 is 77.2 Å². The van der Waals surface area contributed by atoms with Crippen LogP contribution in [0, 0.1) is 5.41 Å². The number of carbonyl (C=O) groups is 8. The number of aliphatic carboxylic acids is 2. The van der Waals surface area contributed by atoms with E-state index in [1.54, 1.807) is 0 Å². The molecule has 0 bridgehead atoms. The summed E-state index contributed by atoms with van der Waals surface area (Å²) in [6.45, 7) is 1.31. The highest BCUT2D eigenvalue weighted by Gasteiger charge is 2.83. The lowest BCUT2D eigenvalue weighted by Gasteiger charge is -2.53. The number of rotatable bonds is 21. The monoisotopic (exact) mass is 610 g/mol. The van der Waals surface area contributed by atoms with Crippen molar-refractivity contribution in [3.05, 3.63) is 0 Å². The number of carboxylic acids is 2. The van der Waals surface area contributed by atoms with E-state index in [0.717, 1.165) is 11.8 Å². The smallest absolute Gasteiger partial charge is 0.480 e. The molecular weight excluding hydrogens is 576 g/mol. The molecule has 6 N–H and O–H groups in total. The number of ether oxygens (including phenoxy) is 3. The summed E-state index contributed by atoms with van der Waals surface area (Å²) < 4.78 is 14.4. The zero-order valence-corrected chi connectivity index (χ0v) is 23.7. The van der Waals surface area contributed by atoms with E-state index in [0.29, 0.717) is 6.92 Å². The van der Waals surface area contributed by atoms with Crippen LogP contribution in [0.4, 0.5) is 0 Å². The second-order valence-corrected chi connectivity index (χ2v) is 10.6. The number of amides is 2. The molecular formula is C22H34N2O16Si. The third-order valence-electron chi connectivity index (χ3n) is 6.50. The number of likely N-dealkylation sites (N-methyl/N-ethyl adjacent to an activating group) is 1. The van der Waals surface area contributed by atoms with Crippen molar-refractivity contribution in [1.82, 2.24) is 10.2 Å². The molecule has 0 aromatic heterocycles. The topological polar surface area (TPSA) is 281 Å². The minimum Gasteiger partial charge on any atom is -0.480 e. The Kier molecular flexibility index (Phi) is 13.7. The highest BCUT2D eigenvalue weighted by molar-refractivity contribution is 6.56. The Morgan fingerprint density at radius 2 is 1.46 bits per heavy atom. The van der Waals surface area contributed by atoms with Gasteiger partial charge in [-0.25, -0.2) is 4.79 Å². The van der Waals surface area contributed by atoms with Gasteiger partial charge in [-0.2, -0.15) is 0 Å². The highest BCUT2D eigenvalue weighted by atomic mass is 28.4. The number of hydrogen-bond donors (Lipinski definition) is 6. The minimum atomic E-state index is -4.61. The van der Waals surface area contributed by atoms with Crippen LogP contribution in [-0.2, 0) is 52.6 Å².